The van der Waals surface area contributed by atoms with Gasteiger partial charge in [0, 0.05) is 37.0 Å². The molecule has 2 aromatic carbocycles. The molecule has 25 heavy (non-hydrogen) atoms. The molecule has 2 rings (SSSR count). The van der Waals surface area contributed by atoms with E-state index < -0.39 is 0 Å². The minimum absolute atomic E-state index is 0.0900. The molecule has 0 bridgehead atoms. The Balaban J connectivity index is 1.96. The Kier molecular flexibility index (Phi) is 6.67. The number of amides is 2. The van der Waals surface area contributed by atoms with Crippen molar-refractivity contribution in [3.8, 4) is 0 Å². The van der Waals surface area contributed by atoms with Gasteiger partial charge in [-0.2, -0.15) is 0 Å². The van der Waals surface area contributed by atoms with Crippen molar-refractivity contribution in [1.82, 2.24) is 10.2 Å². The quantitative estimate of drug-likeness (QED) is 0.823. The third kappa shape index (κ3) is 5.66. The molecule has 0 heterocycles. The number of hydrogen-bond acceptors (Lipinski definition) is 3. The molecule has 0 unspecified atom stereocenters. The number of halogens is 1. The van der Waals surface area contributed by atoms with E-state index >= 15 is 0 Å². The van der Waals surface area contributed by atoms with Crippen LogP contribution in [0.5, 0.6) is 0 Å². The number of carbonyl (C=O) groups is 1. The summed E-state index contributed by atoms with van der Waals surface area (Å²) in [6, 6.07) is 15.2. The Morgan fingerprint density at radius 3 is 2.12 bits per heavy atom. The Hall–Kier alpha value is -2.24. The average molecular weight is 361 g/mol. The zero-order valence-electron chi connectivity index (χ0n) is 15.1. The maximum atomic E-state index is 12.1. The average Bonchev–Trinajstić information content (AvgIpc) is 2.57. The first-order valence-corrected chi connectivity index (χ1v) is 8.48. The molecule has 6 heteroatoms. The minimum atomic E-state index is -0.237. The SMILES string of the molecule is CN(C)c1ccc([C@H](CNC(=O)Nc2ccc(Cl)cc2)N(C)C)cc1. The van der Waals surface area contributed by atoms with Gasteiger partial charge in [0.25, 0.3) is 0 Å². The molecule has 0 aliphatic rings. The first-order chi connectivity index (χ1) is 11.9. The van der Waals surface area contributed by atoms with Gasteiger partial charge in [-0.1, -0.05) is 23.7 Å². The number of benzene rings is 2. The Morgan fingerprint density at radius 1 is 1.00 bits per heavy atom. The fourth-order valence-electron chi connectivity index (χ4n) is 2.49. The van der Waals surface area contributed by atoms with Crippen LogP contribution in [-0.2, 0) is 0 Å². The van der Waals surface area contributed by atoms with Gasteiger partial charge in [-0.15, -0.1) is 0 Å². The minimum Gasteiger partial charge on any atom is -0.378 e. The number of nitrogens with zero attached hydrogens (tertiary/aromatic N) is 2. The van der Waals surface area contributed by atoms with Crippen molar-refractivity contribution in [2.75, 3.05) is 45.0 Å². The van der Waals surface area contributed by atoms with E-state index in [1.165, 1.54) is 0 Å². The topological polar surface area (TPSA) is 47.6 Å². The molecule has 0 aliphatic heterocycles. The molecule has 0 aliphatic carbocycles. The molecule has 0 saturated carbocycles. The van der Waals surface area contributed by atoms with Crippen LogP contribution in [0.4, 0.5) is 16.2 Å². The van der Waals surface area contributed by atoms with Crippen molar-refractivity contribution in [2.24, 2.45) is 0 Å². The summed E-state index contributed by atoms with van der Waals surface area (Å²) in [5.74, 6) is 0. The molecule has 2 amide bonds. The number of urea groups is 1. The number of likely N-dealkylation sites (N-methyl/N-ethyl adjacent to an activating group) is 1. The summed E-state index contributed by atoms with van der Waals surface area (Å²) in [5, 5.41) is 6.37. The van der Waals surface area contributed by atoms with Crippen LogP contribution in [0.2, 0.25) is 5.02 Å². The fourth-order valence-corrected chi connectivity index (χ4v) is 2.62. The lowest BCUT2D eigenvalue weighted by atomic mass is 10.1. The maximum absolute atomic E-state index is 12.1. The van der Waals surface area contributed by atoms with E-state index in [1.54, 1.807) is 24.3 Å². The van der Waals surface area contributed by atoms with Gasteiger partial charge in [-0.3, -0.25) is 0 Å². The van der Waals surface area contributed by atoms with Crippen LogP contribution < -0.4 is 15.5 Å². The standard InChI is InChI=1S/C19H25ClN4O/c1-23(2)17-11-5-14(6-12-17)18(24(3)4)13-21-19(25)22-16-9-7-15(20)8-10-16/h5-12,18H,13H2,1-4H3,(H2,21,22,25)/t18-/m0/s1. The number of anilines is 2. The molecule has 0 aromatic heterocycles. The van der Waals surface area contributed by atoms with Crippen molar-refractivity contribution in [2.45, 2.75) is 6.04 Å². The highest BCUT2D eigenvalue weighted by Crippen LogP contribution is 2.21. The first-order valence-electron chi connectivity index (χ1n) is 8.11. The first kappa shape index (κ1) is 19.1. The number of carbonyl (C=O) groups excluding carboxylic acids is 1. The van der Waals surface area contributed by atoms with Gasteiger partial charge < -0.3 is 20.4 Å². The summed E-state index contributed by atoms with van der Waals surface area (Å²) in [6.45, 7) is 0.508. The summed E-state index contributed by atoms with van der Waals surface area (Å²) >= 11 is 5.85. The molecule has 5 nitrogen and oxygen atoms in total. The van der Waals surface area contributed by atoms with E-state index in [1.807, 2.05) is 28.2 Å². The summed E-state index contributed by atoms with van der Waals surface area (Å²) in [5.41, 5.74) is 3.01. The second-order valence-electron chi connectivity index (χ2n) is 6.31. The molecule has 0 spiro atoms. The van der Waals surface area contributed by atoms with Gasteiger partial charge in [-0.05, 0) is 56.1 Å². The third-order valence-electron chi connectivity index (χ3n) is 3.98. The van der Waals surface area contributed by atoms with Crippen molar-refractivity contribution >= 4 is 29.0 Å². The van der Waals surface area contributed by atoms with Crippen LogP contribution in [0, 0.1) is 0 Å². The fraction of sp³-hybridized carbons (Fsp3) is 0.316. The normalized spacial score (nSPS) is 11.9. The Morgan fingerprint density at radius 2 is 1.60 bits per heavy atom. The lowest BCUT2D eigenvalue weighted by molar-refractivity contribution is 0.243. The number of hydrogen-bond donors (Lipinski definition) is 2. The monoisotopic (exact) mass is 360 g/mol. The predicted molar refractivity (Wildman–Crippen MR) is 106 cm³/mol. The van der Waals surface area contributed by atoms with Crippen LogP contribution in [0.1, 0.15) is 11.6 Å². The lowest BCUT2D eigenvalue weighted by Gasteiger charge is -2.26. The molecule has 0 radical (unpaired) electrons. The largest absolute Gasteiger partial charge is 0.378 e. The van der Waals surface area contributed by atoms with Gasteiger partial charge in [0.05, 0.1) is 6.04 Å². The number of rotatable bonds is 6. The highest BCUT2D eigenvalue weighted by molar-refractivity contribution is 6.30. The van der Waals surface area contributed by atoms with Crippen molar-refractivity contribution in [1.29, 1.82) is 0 Å². The van der Waals surface area contributed by atoms with E-state index in [-0.39, 0.29) is 12.1 Å². The second-order valence-corrected chi connectivity index (χ2v) is 6.74. The van der Waals surface area contributed by atoms with Crippen LogP contribution in [0.15, 0.2) is 48.5 Å². The van der Waals surface area contributed by atoms with Gasteiger partial charge >= 0.3 is 6.03 Å². The zero-order valence-corrected chi connectivity index (χ0v) is 15.8. The van der Waals surface area contributed by atoms with Crippen LogP contribution in [-0.4, -0.2) is 45.7 Å². The van der Waals surface area contributed by atoms with E-state index in [0.29, 0.717) is 17.3 Å². The Bertz CT molecular complexity index is 684. The van der Waals surface area contributed by atoms with E-state index in [4.69, 9.17) is 11.6 Å². The summed E-state index contributed by atoms with van der Waals surface area (Å²) in [6.07, 6.45) is 0. The molecular formula is C19H25ClN4O. The summed E-state index contributed by atoms with van der Waals surface area (Å²) in [7, 11) is 8.04. The molecule has 2 aromatic rings. The maximum Gasteiger partial charge on any atom is 0.319 e. The van der Waals surface area contributed by atoms with Gasteiger partial charge in [0.2, 0.25) is 0 Å². The second kappa shape index (κ2) is 8.74. The third-order valence-corrected chi connectivity index (χ3v) is 4.23. The van der Waals surface area contributed by atoms with Crippen LogP contribution >= 0.6 is 11.6 Å². The van der Waals surface area contributed by atoms with Gasteiger partial charge in [-0.25, -0.2) is 4.79 Å². The molecule has 0 fully saturated rings. The van der Waals surface area contributed by atoms with Crippen molar-refractivity contribution in [3.63, 3.8) is 0 Å². The van der Waals surface area contributed by atoms with Crippen LogP contribution in [0.3, 0.4) is 0 Å². The van der Waals surface area contributed by atoms with Crippen molar-refractivity contribution in [3.05, 3.63) is 59.1 Å². The number of nitrogens with one attached hydrogen (secondary N) is 2. The van der Waals surface area contributed by atoms with Crippen LogP contribution in [0.25, 0.3) is 0 Å². The Labute approximate surface area is 154 Å². The molecular weight excluding hydrogens is 336 g/mol. The zero-order chi connectivity index (χ0) is 18.4. The van der Waals surface area contributed by atoms with Gasteiger partial charge in [0.15, 0.2) is 0 Å². The highest BCUT2D eigenvalue weighted by atomic mass is 35.5. The van der Waals surface area contributed by atoms with Crippen molar-refractivity contribution < 1.29 is 4.79 Å². The predicted octanol–water partition coefficient (Wildman–Crippen LogP) is 3.83. The summed E-state index contributed by atoms with van der Waals surface area (Å²) < 4.78 is 0. The smallest absolute Gasteiger partial charge is 0.319 e. The highest BCUT2D eigenvalue weighted by Gasteiger charge is 2.15. The van der Waals surface area contributed by atoms with Gasteiger partial charge in [0.1, 0.15) is 0 Å². The van der Waals surface area contributed by atoms with E-state index in [0.717, 1.165) is 11.3 Å². The van der Waals surface area contributed by atoms with E-state index in [9.17, 15) is 4.79 Å². The molecule has 134 valence electrons. The lowest BCUT2D eigenvalue weighted by Crippen LogP contribution is -2.36. The van der Waals surface area contributed by atoms with E-state index in [2.05, 4.69) is 44.7 Å². The molecule has 0 saturated heterocycles. The molecule has 1 atom stereocenters. The summed E-state index contributed by atoms with van der Waals surface area (Å²) in [4.78, 5) is 16.3. The molecule has 2 N–H and O–H groups in total.